The first kappa shape index (κ1) is 21.7. The topological polar surface area (TPSA) is 73.4 Å². The van der Waals surface area contributed by atoms with Crippen LogP contribution in [-0.4, -0.2) is 52.8 Å². The molecule has 166 valence electrons. The van der Waals surface area contributed by atoms with Gasteiger partial charge in [-0.15, -0.1) is 0 Å². The molecule has 2 N–H and O–H groups in total. The zero-order valence-corrected chi connectivity index (χ0v) is 18.0. The lowest BCUT2D eigenvalue weighted by Crippen LogP contribution is -2.40. The molecular formula is C23H32F2N2O3. The van der Waals surface area contributed by atoms with Crippen molar-refractivity contribution in [3.05, 3.63) is 29.1 Å². The molecule has 4 rings (SSSR count). The monoisotopic (exact) mass is 422 g/mol. The third-order valence-electron chi connectivity index (χ3n) is 6.95. The average Bonchev–Trinajstić information content (AvgIpc) is 3.32. The molecule has 3 heterocycles. The predicted octanol–water partition coefficient (Wildman–Crippen LogP) is 3.68. The van der Waals surface area contributed by atoms with Crippen molar-refractivity contribution in [2.75, 3.05) is 13.7 Å². The smallest absolute Gasteiger partial charge is 0.248 e. The molecule has 3 aliphatic rings. The lowest BCUT2D eigenvalue weighted by Gasteiger charge is -2.35. The van der Waals surface area contributed by atoms with E-state index in [4.69, 9.17) is 4.74 Å². The summed E-state index contributed by atoms with van der Waals surface area (Å²) in [5.74, 6) is -2.65. The van der Waals surface area contributed by atoms with Gasteiger partial charge in [-0.25, -0.2) is 8.78 Å². The number of nitrogens with zero attached hydrogens (tertiary/aromatic N) is 1. The molecule has 7 heteroatoms. The van der Waals surface area contributed by atoms with E-state index in [1.54, 1.807) is 7.11 Å². The maximum Gasteiger partial charge on any atom is 0.248 e. The lowest BCUT2D eigenvalue weighted by molar-refractivity contribution is -0.106. The fourth-order valence-corrected chi connectivity index (χ4v) is 5.05. The van der Waals surface area contributed by atoms with Crippen molar-refractivity contribution in [1.29, 1.82) is 0 Å². The number of halogens is 2. The van der Waals surface area contributed by atoms with E-state index in [-0.39, 0.29) is 49.0 Å². The fourth-order valence-electron chi connectivity index (χ4n) is 5.05. The van der Waals surface area contributed by atoms with Gasteiger partial charge in [-0.3, -0.25) is 4.79 Å². The van der Waals surface area contributed by atoms with Gasteiger partial charge in [0.25, 0.3) is 0 Å². The summed E-state index contributed by atoms with van der Waals surface area (Å²) in [6.07, 6.45) is 5.67. The molecule has 1 saturated carbocycles. The second-order valence-electron chi connectivity index (χ2n) is 9.88. The number of nitrogens with one attached hydrogen (secondary N) is 1. The number of hydrogen-bond acceptors (Lipinski definition) is 4. The van der Waals surface area contributed by atoms with Crippen LogP contribution < -0.4 is 5.32 Å². The molecule has 2 fully saturated rings. The summed E-state index contributed by atoms with van der Waals surface area (Å²) in [7, 11) is 1.66. The van der Waals surface area contributed by atoms with Gasteiger partial charge in [0.05, 0.1) is 18.2 Å². The minimum atomic E-state index is -2.68. The van der Waals surface area contributed by atoms with Gasteiger partial charge in [0, 0.05) is 61.0 Å². The number of hydrogen-bond donors (Lipinski definition) is 2. The minimum absolute atomic E-state index is 0.0283. The highest BCUT2D eigenvalue weighted by molar-refractivity contribution is 6.04. The summed E-state index contributed by atoms with van der Waals surface area (Å²) in [5.41, 5.74) is 1.51. The van der Waals surface area contributed by atoms with Crippen LogP contribution in [0.1, 0.15) is 74.1 Å². The van der Waals surface area contributed by atoms with Crippen LogP contribution in [0.2, 0.25) is 0 Å². The Hall–Kier alpha value is -1.57. The molecule has 1 aliphatic carbocycles. The molecular weight excluding hydrogens is 390 g/mol. The number of carbonyl (C=O) groups is 1. The number of Topliss-reactive ketones (excluding diaryl/α,β-unsaturated/α-hetero) is 1. The Labute approximate surface area is 176 Å². The average molecular weight is 423 g/mol. The maximum atomic E-state index is 13.5. The van der Waals surface area contributed by atoms with Crippen molar-refractivity contribution in [1.82, 2.24) is 9.88 Å². The van der Waals surface area contributed by atoms with E-state index in [1.165, 1.54) is 0 Å². The second-order valence-corrected chi connectivity index (χ2v) is 9.88. The molecule has 2 aliphatic heterocycles. The van der Waals surface area contributed by atoms with E-state index >= 15 is 0 Å². The van der Waals surface area contributed by atoms with E-state index in [2.05, 4.69) is 29.8 Å². The third kappa shape index (κ3) is 4.12. The SMILES string of the molecule is COCCc1cc(C(=O)C2NC2CC2(O)CCC(F)(F)CC2)c2n1C=CCC2(C)C. The molecule has 0 aromatic carbocycles. The highest BCUT2D eigenvalue weighted by Crippen LogP contribution is 2.43. The Morgan fingerprint density at radius 2 is 2.00 bits per heavy atom. The Bertz CT molecular complexity index is 849. The largest absolute Gasteiger partial charge is 0.390 e. The summed E-state index contributed by atoms with van der Waals surface area (Å²) in [4.78, 5) is 13.4. The molecule has 0 bridgehead atoms. The number of fused-ring (bicyclic) bond motifs is 1. The Balaban J connectivity index is 1.51. The van der Waals surface area contributed by atoms with Crippen LogP contribution in [0.5, 0.6) is 0 Å². The molecule has 1 saturated heterocycles. The van der Waals surface area contributed by atoms with Gasteiger partial charge in [-0.05, 0) is 31.7 Å². The van der Waals surface area contributed by atoms with Crippen LogP contribution >= 0.6 is 0 Å². The summed E-state index contributed by atoms with van der Waals surface area (Å²) >= 11 is 0. The normalized spacial score (nSPS) is 28.2. The first-order valence-corrected chi connectivity index (χ1v) is 10.9. The predicted molar refractivity (Wildman–Crippen MR) is 111 cm³/mol. The zero-order chi connectivity index (χ0) is 21.7. The van der Waals surface area contributed by atoms with Gasteiger partial charge in [0.15, 0.2) is 5.78 Å². The first-order chi connectivity index (χ1) is 14.1. The highest BCUT2D eigenvalue weighted by atomic mass is 19.3. The number of ether oxygens (including phenoxy) is 1. The van der Waals surface area contributed by atoms with Crippen molar-refractivity contribution >= 4 is 12.0 Å². The number of allylic oxidation sites excluding steroid dienone is 1. The molecule has 0 radical (unpaired) electrons. The van der Waals surface area contributed by atoms with E-state index in [0.717, 1.165) is 23.4 Å². The van der Waals surface area contributed by atoms with Crippen molar-refractivity contribution in [2.45, 2.75) is 87.8 Å². The molecule has 0 spiro atoms. The number of carbonyl (C=O) groups excluding carboxylic acids is 1. The standard InChI is InChI=1S/C23H32F2N2O3/c1-21(2)6-4-11-27-15(5-12-30-3)13-16(20(21)27)19(28)18-17(26-18)14-22(29)7-9-23(24,25)10-8-22/h4,11,13,17-18,26,29H,5-10,12,14H2,1-3H3. The third-order valence-corrected chi connectivity index (χ3v) is 6.95. The van der Waals surface area contributed by atoms with Crippen LogP contribution in [0.15, 0.2) is 12.1 Å². The molecule has 0 amide bonds. The molecule has 1 aromatic heterocycles. The van der Waals surface area contributed by atoms with Gasteiger partial charge in [-0.2, -0.15) is 0 Å². The van der Waals surface area contributed by atoms with E-state index in [1.807, 2.05) is 12.3 Å². The maximum absolute atomic E-state index is 13.5. The Morgan fingerprint density at radius 1 is 1.30 bits per heavy atom. The minimum Gasteiger partial charge on any atom is -0.390 e. The van der Waals surface area contributed by atoms with Gasteiger partial charge in [-0.1, -0.05) is 19.9 Å². The molecule has 2 atom stereocenters. The highest BCUT2D eigenvalue weighted by Gasteiger charge is 2.51. The van der Waals surface area contributed by atoms with Crippen LogP contribution in [0.3, 0.4) is 0 Å². The van der Waals surface area contributed by atoms with Gasteiger partial charge >= 0.3 is 0 Å². The van der Waals surface area contributed by atoms with Crippen molar-refractivity contribution < 1.29 is 23.4 Å². The summed E-state index contributed by atoms with van der Waals surface area (Å²) < 4.78 is 34.3. The number of aromatic nitrogens is 1. The van der Waals surface area contributed by atoms with Gasteiger partial charge in [0.2, 0.25) is 5.92 Å². The molecule has 2 unspecified atom stereocenters. The van der Waals surface area contributed by atoms with Crippen LogP contribution in [0.4, 0.5) is 8.78 Å². The Morgan fingerprint density at radius 3 is 2.67 bits per heavy atom. The number of alkyl halides is 2. The van der Waals surface area contributed by atoms with E-state index in [9.17, 15) is 18.7 Å². The van der Waals surface area contributed by atoms with Crippen LogP contribution in [0.25, 0.3) is 6.20 Å². The van der Waals surface area contributed by atoms with Crippen LogP contribution in [-0.2, 0) is 16.6 Å². The molecule has 5 nitrogen and oxygen atoms in total. The summed E-state index contributed by atoms with van der Waals surface area (Å²) in [5, 5.41) is 13.9. The quantitative estimate of drug-likeness (QED) is 0.519. The molecule has 30 heavy (non-hydrogen) atoms. The van der Waals surface area contributed by atoms with E-state index in [0.29, 0.717) is 19.4 Å². The number of ketones is 1. The summed E-state index contributed by atoms with van der Waals surface area (Å²) in [6, 6.07) is 1.45. The lowest BCUT2D eigenvalue weighted by atomic mass is 9.78. The number of aliphatic hydroxyl groups is 1. The van der Waals surface area contributed by atoms with Crippen molar-refractivity contribution in [3.63, 3.8) is 0 Å². The molecule has 1 aromatic rings. The number of rotatable bonds is 7. The van der Waals surface area contributed by atoms with Crippen LogP contribution in [0, 0.1) is 0 Å². The van der Waals surface area contributed by atoms with Crippen molar-refractivity contribution in [3.8, 4) is 0 Å². The van der Waals surface area contributed by atoms with Gasteiger partial charge in [0.1, 0.15) is 0 Å². The second kappa shape index (κ2) is 7.53. The zero-order valence-electron chi connectivity index (χ0n) is 18.0. The first-order valence-electron chi connectivity index (χ1n) is 10.9. The fraction of sp³-hybridized carbons (Fsp3) is 0.696. The Kier molecular flexibility index (Phi) is 5.44. The van der Waals surface area contributed by atoms with E-state index < -0.39 is 11.5 Å². The van der Waals surface area contributed by atoms with Gasteiger partial charge < -0.3 is 19.7 Å². The van der Waals surface area contributed by atoms with Crippen molar-refractivity contribution in [2.24, 2.45) is 0 Å². The summed E-state index contributed by atoms with van der Waals surface area (Å²) in [6.45, 7) is 4.86. The number of methoxy groups -OCH3 is 1.